The first-order valence-corrected chi connectivity index (χ1v) is 14.6. The van der Waals surface area contributed by atoms with Crippen LogP contribution in [0.4, 0.5) is 5.82 Å². The van der Waals surface area contributed by atoms with Crippen LogP contribution in [0.25, 0.3) is 11.2 Å². The second-order valence-corrected chi connectivity index (χ2v) is 11.3. The predicted molar refractivity (Wildman–Crippen MR) is 146 cm³/mol. The topological polar surface area (TPSA) is 228 Å². The van der Waals surface area contributed by atoms with E-state index in [4.69, 9.17) is 29.8 Å². The highest BCUT2D eigenvalue weighted by Crippen LogP contribution is 2.46. The highest BCUT2D eigenvalue weighted by molar-refractivity contribution is 7.52. The summed E-state index contributed by atoms with van der Waals surface area (Å²) in [7, 11) is -4.35. The van der Waals surface area contributed by atoms with Crippen LogP contribution in [0.5, 0.6) is 5.75 Å². The Bertz CT molecular complexity index is 1500. The van der Waals surface area contributed by atoms with Crippen LogP contribution in [0.2, 0.25) is 0 Å². The highest BCUT2D eigenvalue weighted by atomic mass is 31.2. The summed E-state index contributed by atoms with van der Waals surface area (Å²) in [6.07, 6.45) is 0.206. The Labute approximate surface area is 240 Å². The number of nitrogen functional groups attached to an aromatic ring is 1. The predicted octanol–water partition coefficient (Wildman–Crippen LogP) is 1.83. The third-order valence-electron chi connectivity index (χ3n) is 6.12. The molecule has 1 aliphatic rings. The molecular formula is C25H32N8O8P+. The van der Waals surface area contributed by atoms with Crippen LogP contribution in [0.15, 0.2) is 43.0 Å². The summed E-state index contributed by atoms with van der Waals surface area (Å²) in [5.41, 5.74) is 13.5. The van der Waals surface area contributed by atoms with Crippen LogP contribution < -0.4 is 15.3 Å². The molecule has 1 unspecified atom stereocenters. The SMILES string of the molecule is CC(C)OC(=O)[C@H](CCC(=O)C=[N+]=N)NP(=O)(OC[C@H]1O[C@@H](n2cnc3c(N)ncnc32)C[C@H]1O)Oc1ccccc1. The number of aliphatic hydroxyl groups excluding tert-OH is 1. The number of Topliss-reactive ketones (excluding diaryl/α,β-unsaturated/α-hetero) is 1. The van der Waals surface area contributed by atoms with Gasteiger partial charge >= 0.3 is 19.9 Å². The number of hydrogen-bond acceptors (Lipinski definition) is 13. The maximum atomic E-state index is 14.1. The number of ketones is 1. The Morgan fingerprint density at radius 2 is 2.07 bits per heavy atom. The highest BCUT2D eigenvalue weighted by Gasteiger charge is 2.40. The van der Waals surface area contributed by atoms with E-state index >= 15 is 0 Å². The summed E-state index contributed by atoms with van der Waals surface area (Å²) in [6.45, 7) is 2.89. The van der Waals surface area contributed by atoms with Gasteiger partial charge in [-0.2, -0.15) is 5.09 Å². The minimum absolute atomic E-state index is 0.143. The van der Waals surface area contributed by atoms with Gasteiger partial charge in [-0.05, 0) is 32.4 Å². The second-order valence-electron chi connectivity index (χ2n) is 9.64. The van der Waals surface area contributed by atoms with Crippen molar-refractivity contribution in [3.8, 4) is 5.75 Å². The molecule has 16 nitrogen and oxygen atoms in total. The molecule has 3 heterocycles. The normalized spacial score (nSPS) is 20.5. The number of nitrogens with zero attached hydrogens (tertiary/aromatic N) is 5. The number of hydrogen-bond donors (Lipinski definition) is 4. The van der Waals surface area contributed by atoms with Crippen LogP contribution in [-0.4, -0.2) is 78.3 Å². The summed E-state index contributed by atoms with van der Waals surface area (Å²) in [5.74, 6) is -0.927. The van der Waals surface area contributed by atoms with E-state index < -0.39 is 56.7 Å². The number of aliphatic hydroxyl groups is 1. The van der Waals surface area contributed by atoms with Crippen LogP contribution >= 0.6 is 7.75 Å². The van der Waals surface area contributed by atoms with E-state index in [1.807, 2.05) is 0 Å². The molecule has 4 rings (SSSR count). The Kier molecular flexibility index (Phi) is 10.1. The Morgan fingerprint density at radius 1 is 1.31 bits per heavy atom. The Hall–Kier alpha value is -4.04. The molecule has 1 fully saturated rings. The molecule has 3 aromatic rings. The molecule has 5 N–H and O–H groups in total. The van der Waals surface area contributed by atoms with Gasteiger partial charge in [0.15, 0.2) is 11.5 Å². The summed E-state index contributed by atoms with van der Waals surface area (Å²) < 4.78 is 38.4. The molecule has 5 atom stereocenters. The molecular weight excluding hydrogens is 571 g/mol. The van der Waals surface area contributed by atoms with E-state index in [1.54, 1.807) is 48.7 Å². The molecule has 0 spiro atoms. The first-order valence-electron chi connectivity index (χ1n) is 13.0. The number of rotatable bonds is 14. The zero-order chi connectivity index (χ0) is 30.3. The molecule has 0 aliphatic carbocycles. The van der Waals surface area contributed by atoms with E-state index in [2.05, 4.69) is 24.8 Å². The lowest BCUT2D eigenvalue weighted by molar-refractivity contribution is -0.149. The van der Waals surface area contributed by atoms with Gasteiger partial charge in [0.1, 0.15) is 36.0 Å². The molecule has 0 saturated carbocycles. The summed E-state index contributed by atoms with van der Waals surface area (Å²) >= 11 is 0. The first-order chi connectivity index (χ1) is 20.1. The van der Waals surface area contributed by atoms with Crippen molar-refractivity contribution in [2.45, 2.75) is 63.7 Å². The Balaban J connectivity index is 1.52. The third-order valence-corrected chi connectivity index (χ3v) is 7.69. The zero-order valence-corrected chi connectivity index (χ0v) is 23.8. The molecule has 0 radical (unpaired) electrons. The van der Waals surface area contributed by atoms with E-state index in [0.29, 0.717) is 11.2 Å². The smallest absolute Gasteiger partial charge is 0.459 e. The first kappa shape index (κ1) is 30.9. The van der Waals surface area contributed by atoms with Gasteiger partial charge in [0.05, 0.1) is 35.5 Å². The number of fused-ring (bicyclic) bond motifs is 1. The molecule has 1 saturated heterocycles. The van der Waals surface area contributed by atoms with E-state index in [1.165, 1.54) is 12.7 Å². The van der Waals surface area contributed by atoms with Crippen LogP contribution in [0.1, 0.15) is 39.3 Å². The van der Waals surface area contributed by atoms with Crippen LogP contribution in [0.3, 0.4) is 0 Å². The van der Waals surface area contributed by atoms with Gasteiger partial charge in [0.25, 0.3) is 0 Å². The van der Waals surface area contributed by atoms with Gasteiger partial charge in [0, 0.05) is 12.8 Å². The van der Waals surface area contributed by atoms with Gasteiger partial charge in [-0.1, -0.05) is 18.2 Å². The number of ether oxygens (including phenoxy) is 2. The van der Waals surface area contributed by atoms with Crippen molar-refractivity contribution in [3.63, 3.8) is 0 Å². The average Bonchev–Trinajstić information content (AvgIpc) is 3.54. The molecule has 2 aromatic heterocycles. The number of nitrogens with two attached hydrogens (primary N) is 1. The number of para-hydroxylation sites is 1. The van der Waals surface area contributed by atoms with Gasteiger partial charge in [0.2, 0.25) is 5.78 Å². The molecule has 0 amide bonds. The number of aromatic nitrogens is 4. The van der Waals surface area contributed by atoms with Crippen LogP contribution in [-0.2, 0) is 28.2 Å². The summed E-state index contributed by atoms with van der Waals surface area (Å²) in [4.78, 5) is 40.1. The number of anilines is 1. The number of carbonyl (C=O) groups excluding carboxylic acids is 2. The number of nitrogens with one attached hydrogen (secondary N) is 2. The van der Waals surface area contributed by atoms with Crippen LogP contribution in [0, 0.1) is 5.53 Å². The van der Waals surface area contributed by atoms with Gasteiger partial charge in [-0.25, -0.2) is 19.5 Å². The number of esters is 1. The fourth-order valence-corrected chi connectivity index (χ4v) is 5.70. The average molecular weight is 604 g/mol. The lowest BCUT2D eigenvalue weighted by atomic mass is 10.1. The Morgan fingerprint density at radius 3 is 2.79 bits per heavy atom. The molecule has 0 bridgehead atoms. The fourth-order valence-electron chi connectivity index (χ4n) is 4.16. The molecule has 1 aromatic carbocycles. The van der Waals surface area contributed by atoms with E-state index in [0.717, 1.165) is 6.21 Å². The minimum atomic E-state index is -4.35. The third kappa shape index (κ3) is 7.82. The van der Waals surface area contributed by atoms with E-state index in [9.17, 15) is 19.3 Å². The van der Waals surface area contributed by atoms with Gasteiger partial charge in [-0.3, -0.25) is 18.7 Å². The molecule has 224 valence electrons. The largest absolute Gasteiger partial charge is 0.462 e. The minimum Gasteiger partial charge on any atom is -0.462 e. The monoisotopic (exact) mass is 603 g/mol. The molecule has 42 heavy (non-hydrogen) atoms. The number of benzene rings is 1. The van der Waals surface area contributed by atoms with Crippen molar-refractivity contribution in [2.24, 2.45) is 0 Å². The van der Waals surface area contributed by atoms with Crippen molar-refractivity contribution in [1.82, 2.24) is 24.6 Å². The van der Waals surface area contributed by atoms with Crippen molar-refractivity contribution in [3.05, 3.63) is 43.0 Å². The lowest BCUT2D eigenvalue weighted by Gasteiger charge is -2.26. The van der Waals surface area contributed by atoms with Crippen molar-refractivity contribution < 1.29 is 42.6 Å². The molecule has 17 heteroatoms. The summed E-state index contributed by atoms with van der Waals surface area (Å²) in [5, 5.41) is 13.3. The van der Waals surface area contributed by atoms with Gasteiger partial charge in [-0.15, -0.1) is 0 Å². The number of imidazole rings is 1. The number of carbonyl (C=O) groups is 2. The maximum absolute atomic E-state index is 14.1. The maximum Gasteiger partial charge on any atom is 0.459 e. The quantitative estimate of drug-likeness (QED) is 0.0678. The lowest BCUT2D eigenvalue weighted by Crippen LogP contribution is -2.40. The second kappa shape index (κ2) is 13.7. The van der Waals surface area contributed by atoms with Crippen molar-refractivity contribution >= 4 is 42.7 Å². The standard InChI is InChI=1S/C25H31N8O8P/c1-15(2)39-25(36)18(9-8-16(34)11-31-27)32-42(37,41-17-6-4-3-5-7-17)38-12-20-19(35)10-21(40-20)33-14-30-22-23(26)28-13-29-24(22)33/h3-7,11,13-15,18-21,26,35H,8-10,12H2,1-2H3,(H2-,27,32,34,37)/p+1/t18-,19+,20+,21+,42?/m0/s1. The van der Waals surface area contributed by atoms with E-state index in [-0.39, 0.29) is 30.8 Å². The van der Waals surface area contributed by atoms with Gasteiger partial charge < -0.3 is 24.8 Å². The van der Waals surface area contributed by atoms with Crippen molar-refractivity contribution in [1.29, 1.82) is 5.53 Å². The van der Waals surface area contributed by atoms with Crippen molar-refractivity contribution in [2.75, 3.05) is 12.3 Å². The summed E-state index contributed by atoms with van der Waals surface area (Å²) in [6, 6.07) is 6.85. The fraction of sp³-hybridized carbons (Fsp3) is 0.440. The molecule has 1 aliphatic heterocycles. The zero-order valence-electron chi connectivity index (χ0n) is 22.9.